The molecule has 156 valence electrons. The molecule has 0 unspecified atom stereocenters. The number of rotatable bonds is 10. The van der Waals surface area contributed by atoms with Gasteiger partial charge in [-0.25, -0.2) is 0 Å². The third-order valence-corrected chi connectivity index (χ3v) is 4.93. The van der Waals surface area contributed by atoms with E-state index in [4.69, 9.17) is 4.74 Å². The Kier molecular flexibility index (Phi) is 8.01. The van der Waals surface area contributed by atoms with Gasteiger partial charge >= 0.3 is 0 Å². The summed E-state index contributed by atoms with van der Waals surface area (Å²) in [4.78, 5) is 12.7. The summed E-state index contributed by atoms with van der Waals surface area (Å²) in [6.45, 7) is 0.947. The number of carbonyl (C=O) groups excluding carboxylic acids is 1. The SMILES string of the molecule is COc1cccc(CNC[C@@H](O)[C@H](Cc2ccccc2)NC(=O)c2ccccc2)c1. The number of carbonyl (C=O) groups is 1. The molecule has 0 radical (unpaired) electrons. The molecule has 5 heteroatoms. The fourth-order valence-electron chi connectivity index (χ4n) is 3.28. The number of aliphatic hydroxyl groups is 1. The molecule has 0 aliphatic heterocycles. The zero-order valence-corrected chi connectivity index (χ0v) is 17.1. The van der Waals surface area contributed by atoms with Crippen molar-refractivity contribution < 1.29 is 14.6 Å². The third-order valence-electron chi connectivity index (χ3n) is 4.93. The van der Waals surface area contributed by atoms with Crippen LogP contribution < -0.4 is 15.4 Å². The summed E-state index contributed by atoms with van der Waals surface area (Å²) >= 11 is 0. The molecule has 5 nitrogen and oxygen atoms in total. The highest BCUT2D eigenvalue weighted by Gasteiger charge is 2.22. The maximum absolute atomic E-state index is 12.7. The molecule has 0 aliphatic rings. The molecule has 0 saturated heterocycles. The molecule has 0 spiro atoms. The monoisotopic (exact) mass is 404 g/mol. The van der Waals surface area contributed by atoms with Crippen molar-refractivity contribution in [3.8, 4) is 5.75 Å². The molecule has 3 N–H and O–H groups in total. The molecule has 2 atom stereocenters. The van der Waals surface area contributed by atoms with Gasteiger partial charge in [-0.15, -0.1) is 0 Å². The van der Waals surface area contributed by atoms with Crippen LogP contribution in [0.3, 0.4) is 0 Å². The van der Waals surface area contributed by atoms with E-state index >= 15 is 0 Å². The van der Waals surface area contributed by atoms with Crippen molar-refractivity contribution in [2.75, 3.05) is 13.7 Å². The summed E-state index contributed by atoms with van der Waals surface area (Å²) < 4.78 is 5.25. The number of hydrogen-bond donors (Lipinski definition) is 3. The molecule has 3 aromatic rings. The zero-order valence-electron chi connectivity index (χ0n) is 17.1. The Morgan fingerprint density at radius 1 is 0.933 bits per heavy atom. The lowest BCUT2D eigenvalue weighted by molar-refractivity contribution is 0.0830. The van der Waals surface area contributed by atoms with Crippen molar-refractivity contribution in [3.63, 3.8) is 0 Å². The highest BCUT2D eigenvalue weighted by atomic mass is 16.5. The Labute approximate surface area is 177 Å². The maximum atomic E-state index is 12.7. The number of hydrogen-bond acceptors (Lipinski definition) is 4. The number of nitrogens with one attached hydrogen (secondary N) is 2. The van der Waals surface area contributed by atoms with E-state index < -0.39 is 12.1 Å². The number of methoxy groups -OCH3 is 1. The fraction of sp³-hybridized carbons (Fsp3) is 0.240. The Balaban J connectivity index is 1.63. The van der Waals surface area contributed by atoms with E-state index in [-0.39, 0.29) is 5.91 Å². The smallest absolute Gasteiger partial charge is 0.251 e. The van der Waals surface area contributed by atoms with Crippen molar-refractivity contribution in [2.24, 2.45) is 0 Å². The summed E-state index contributed by atoms with van der Waals surface area (Å²) in [5, 5.41) is 17.1. The van der Waals surface area contributed by atoms with Gasteiger partial charge in [-0.05, 0) is 41.8 Å². The highest BCUT2D eigenvalue weighted by molar-refractivity contribution is 5.94. The van der Waals surface area contributed by atoms with Gasteiger partial charge in [0.25, 0.3) is 5.91 Å². The van der Waals surface area contributed by atoms with E-state index in [0.717, 1.165) is 16.9 Å². The molecule has 3 rings (SSSR count). The van der Waals surface area contributed by atoms with Gasteiger partial charge in [0.05, 0.1) is 19.3 Å². The summed E-state index contributed by atoms with van der Waals surface area (Å²) in [5.41, 5.74) is 2.70. The van der Waals surface area contributed by atoms with Crippen LogP contribution >= 0.6 is 0 Å². The standard InChI is InChI=1S/C25H28N2O3/c1-30-22-14-8-11-20(15-22)17-26-18-24(28)23(16-19-9-4-2-5-10-19)27-25(29)21-12-6-3-7-13-21/h2-15,23-24,26,28H,16-18H2,1H3,(H,27,29)/t23-,24+/m0/s1. The molecule has 0 fully saturated rings. The van der Waals surface area contributed by atoms with Gasteiger partial charge in [-0.1, -0.05) is 60.7 Å². The van der Waals surface area contributed by atoms with Crippen molar-refractivity contribution in [2.45, 2.75) is 25.1 Å². The van der Waals surface area contributed by atoms with Crippen molar-refractivity contribution >= 4 is 5.91 Å². The lowest BCUT2D eigenvalue weighted by atomic mass is 10.0. The second-order valence-electron chi connectivity index (χ2n) is 7.19. The Hall–Kier alpha value is -3.15. The van der Waals surface area contributed by atoms with Crippen LogP contribution in [0.2, 0.25) is 0 Å². The van der Waals surface area contributed by atoms with Crippen LogP contribution in [0, 0.1) is 0 Å². The summed E-state index contributed by atoms with van der Waals surface area (Å²) in [6, 6.07) is 26.3. The first kappa shape index (κ1) is 21.6. The predicted molar refractivity (Wildman–Crippen MR) is 119 cm³/mol. The Morgan fingerprint density at radius 2 is 1.60 bits per heavy atom. The molecule has 0 heterocycles. The van der Waals surface area contributed by atoms with E-state index in [0.29, 0.717) is 25.1 Å². The summed E-state index contributed by atoms with van der Waals surface area (Å²) in [6.07, 6.45) is -0.204. The largest absolute Gasteiger partial charge is 0.497 e. The summed E-state index contributed by atoms with van der Waals surface area (Å²) in [5.74, 6) is 0.607. The van der Waals surface area contributed by atoms with Crippen molar-refractivity contribution in [3.05, 3.63) is 102 Å². The van der Waals surface area contributed by atoms with Crippen LogP contribution in [-0.4, -0.2) is 36.8 Å². The van der Waals surface area contributed by atoms with E-state index in [2.05, 4.69) is 10.6 Å². The van der Waals surface area contributed by atoms with Gasteiger partial charge < -0.3 is 20.5 Å². The van der Waals surface area contributed by atoms with Crippen molar-refractivity contribution in [1.29, 1.82) is 0 Å². The van der Waals surface area contributed by atoms with E-state index in [1.807, 2.05) is 72.8 Å². The number of amides is 1. The van der Waals surface area contributed by atoms with Crippen LogP contribution in [-0.2, 0) is 13.0 Å². The minimum Gasteiger partial charge on any atom is -0.497 e. The minimum absolute atomic E-state index is 0.191. The molecular formula is C25H28N2O3. The quantitative estimate of drug-likeness (QED) is 0.485. The van der Waals surface area contributed by atoms with Gasteiger partial charge in [-0.3, -0.25) is 4.79 Å². The van der Waals surface area contributed by atoms with Gasteiger partial charge in [0.1, 0.15) is 5.75 Å². The van der Waals surface area contributed by atoms with Crippen LogP contribution in [0.4, 0.5) is 0 Å². The number of aliphatic hydroxyl groups excluding tert-OH is 1. The first-order valence-electron chi connectivity index (χ1n) is 10.1. The number of benzene rings is 3. The number of ether oxygens (including phenoxy) is 1. The van der Waals surface area contributed by atoms with Crippen molar-refractivity contribution in [1.82, 2.24) is 10.6 Å². The first-order valence-corrected chi connectivity index (χ1v) is 10.1. The molecule has 0 saturated carbocycles. The lowest BCUT2D eigenvalue weighted by Crippen LogP contribution is -2.48. The van der Waals surface area contributed by atoms with E-state index in [9.17, 15) is 9.90 Å². The van der Waals surface area contributed by atoms with Gasteiger partial charge in [-0.2, -0.15) is 0 Å². The van der Waals surface area contributed by atoms with Gasteiger partial charge in [0.2, 0.25) is 0 Å². The third kappa shape index (κ3) is 6.44. The Morgan fingerprint density at radius 3 is 2.30 bits per heavy atom. The normalized spacial score (nSPS) is 12.7. The van der Waals surface area contributed by atoms with E-state index in [1.54, 1.807) is 19.2 Å². The lowest BCUT2D eigenvalue weighted by Gasteiger charge is -2.25. The average molecular weight is 405 g/mol. The molecule has 1 amide bonds. The Bertz CT molecular complexity index is 916. The molecule has 0 bridgehead atoms. The molecule has 30 heavy (non-hydrogen) atoms. The fourth-order valence-corrected chi connectivity index (χ4v) is 3.28. The minimum atomic E-state index is -0.747. The first-order chi connectivity index (χ1) is 14.7. The van der Waals surface area contributed by atoms with Crippen LogP contribution in [0.1, 0.15) is 21.5 Å². The van der Waals surface area contributed by atoms with Crippen LogP contribution in [0.25, 0.3) is 0 Å². The van der Waals surface area contributed by atoms with Gasteiger partial charge in [0, 0.05) is 18.7 Å². The van der Waals surface area contributed by atoms with Crippen LogP contribution in [0.15, 0.2) is 84.9 Å². The molecule has 0 aromatic heterocycles. The van der Waals surface area contributed by atoms with Crippen LogP contribution in [0.5, 0.6) is 5.75 Å². The zero-order chi connectivity index (χ0) is 21.2. The van der Waals surface area contributed by atoms with Gasteiger partial charge in [0.15, 0.2) is 0 Å². The molecule has 0 aliphatic carbocycles. The van der Waals surface area contributed by atoms with E-state index in [1.165, 1.54) is 0 Å². The topological polar surface area (TPSA) is 70.6 Å². The average Bonchev–Trinajstić information content (AvgIpc) is 2.80. The maximum Gasteiger partial charge on any atom is 0.251 e. The second kappa shape index (κ2) is 11.1. The molecule has 3 aromatic carbocycles. The molecular weight excluding hydrogens is 376 g/mol. The predicted octanol–water partition coefficient (Wildman–Crippen LogP) is 3.19. The highest BCUT2D eigenvalue weighted by Crippen LogP contribution is 2.12. The summed E-state index contributed by atoms with van der Waals surface area (Å²) in [7, 11) is 1.64. The second-order valence-corrected chi connectivity index (χ2v) is 7.19.